The van der Waals surface area contributed by atoms with E-state index in [0.29, 0.717) is 22.3 Å². The number of nitriles is 4. The number of allylic oxidation sites excluding steroid dienone is 4. The summed E-state index contributed by atoms with van der Waals surface area (Å²) >= 11 is 0. The molecule has 0 N–H and O–H groups in total. The van der Waals surface area contributed by atoms with Gasteiger partial charge in [0.15, 0.2) is 0 Å². The molecule has 0 saturated heterocycles. The number of fused-ring (bicyclic) bond motifs is 8. The van der Waals surface area contributed by atoms with Gasteiger partial charge in [-0.2, -0.15) is 21.0 Å². The van der Waals surface area contributed by atoms with E-state index in [1.54, 1.807) is 0 Å². The third kappa shape index (κ3) is 6.25. The van der Waals surface area contributed by atoms with E-state index >= 15 is 0 Å². The Bertz CT molecular complexity index is 2310. The topological polar surface area (TPSA) is 201 Å². The number of aromatic nitrogens is 8. The van der Waals surface area contributed by atoms with E-state index in [1.807, 2.05) is 83.1 Å². The summed E-state index contributed by atoms with van der Waals surface area (Å²) in [5.74, 6) is 0.520. The molecular weight excluding hydrogens is 664 g/mol. The summed E-state index contributed by atoms with van der Waals surface area (Å²) in [6.07, 6.45) is 0. The largest absolute Gasteiger partial charge is 2.00 e. The molecule has 49 heavy (non-hydrogen) atoms. The molecule has 0 saturated carbocycles. The van der Waals surface area contributed by atoms with Gasteiger partial charge in [0.25, 0.3) is 0 Å². The third-order valence-electron chi connectivity index (χ3n) is 7.93. The van der Waals surface area contributed by atoms with E-state index < -0.39 is 21.7 Å². The first kappa shape index (κ1) is 36.6. The van der Waals surface area contributed by atoms with Crippen LogP contribution in [0.15, 0.2) is 0 Å². The average Bonchev–Trinajstić information content (AvgIpc) is 3.67. The van der Waals surface area contributed by atoms with Crippen LogP contribution in [0, 0.1) is 56.2 Å². The Labute approximate surface area is 296 Å². The van der Waals surface area contributed by atoms with Gasteiger partial charge in [0.1, 0.15) is 35.9 Å². The quantitative estimate of drug-likeness (QED) is 0.232. The molecule has 12 nitrogen and oxygen atoms in total. The normalized spacial score (nSPS) is 13.7. The Morgan fingerprint density at radius 2 is 0.714 bits per heavy atom. The first-order valence-corrected chi connectivity index (χ1v) is 15.5. The monoisotopic (exact) mass is 699 g/mol. The van der Waals surface area contributed by atoms with E-state index in [4.69, 9.17) is 39.9 Å². The second-order valence-electron chi connectivity index (χ2n) is 15.9. The molecular formula is C36H36CuN12. The zero-order valence-corrected chi connectivity index (χ0v) is 30.6. The molecule has 5 heterocycles. The van der Waals surface area contributed by atoms with Gasteiger partial charge in [0.05, 0.1) is 33.9 Å². The number of nitrogens with zero attached hydrogens (tertiary/aromatic N) is 12. The maximum Gasteiger partial charge on any atom is 2.00 e. The maximum atomic E-state index is 10.5. The van der Waals surface area contributed by atoms with Crippen LogP contribution in [-0.2, 0) is 27.9 Å². The predicted molar refractivity (Wildman–Crippen MR) is 181 cm³/mol. The van der Waals surface area contributed by atoms with Crippen LogP contribution in [0.1, 0.15) is 129 Å². The molecule has 0 amide bonds. The molecule has 251 valence electrons. The summed E-state index contributed by atoms with van der Waals surface area (Å²) in [7, 11) is 0. The summed E-state index contributed by atoms with van der Waals surface area (Å²) in [6, 6.07) is 9.04. The molecule has 0 unspecified atom stereocenters. The molecule has 0 atom stereocenters. The van der Waals surface area contributed by atoms with Gasteiger partial charge in [-0.25, -0.2) is 9.97 Å². The zero-order chi connectivity index (χ0) is 35.7. The van der Waals surface area contributed by atoms with Crippen molar-refractivity contribution in [3.8, 4) is 24.3 Å². The van der Waals surface area contributed by atoms with Crippen molar-refractivity contribution >= 4 is 44.9 Å². The van der Waals surface area contributed by atoms with Crippen molar-refractivity contribution in [1.29, 1.82) is 21.0 Å². The number of hydrogen-bond acceptors (Lipinski definition) is 10. The van der Waals surface area contributed by atoms with E-state index in [9.17, 15) is 21.0 Å². The molecule has 0 spiro atoms. The smallest absolute Gasteiger partial charge is 0.357 e. The first-order chi connectivity index (χ1) is 22.1. The van der Waals surface area contributed by atoms with Gasteiger partial charge in [0, 0.05) is 33.7 Å². The molecule has 0 aromatic carbocycles. The van der Waals surface area contributed by atoms with Gasteiger partial charge in [-0.3, -0.25) is 0 Å². The summed E-state index contributed by atoms with van der Waals surface area (Å²) in [6.45, 7) is 23.2. The molecule has 2 aliphatic rings. The Kier molecular flexibility index (Phi) is 9.00. The van der Waals surface area contributed by atoms with E-state index in [2.05, 4.69) is 24.3 Å². The minimum Gasteiger partial charge on any atom is -0.357 e. The van der Waals surface area contributed by atoms with Crippen LogP contribution in [0.3, 0.4) is 0 Å². The molecule has 3 aromatic heterocycles. The van der Waals surface area contributed by atoms with Gasteiger partial charge in [0.2, 0.25) is 0 Å². The first-order valence-electron chi connectivity index (χ1n) is 15.5. The molecule has 2 aliphatic heterocycles. The zero-order valence-electron chi connectivity index (χ0n) is 29.7. The number of hydrogen-bond donors (Lipinski definition) is 0. The van der Waals surface area contributed by atoms with E-state index in [1.165, 1.54) is 0 Å². The van der Waals surface area contributed by atoms with Crippen LogP contribution in [0.25, 0.3) is 44.9 Å². The van der Waals surface area contributed by atoms with Crippen molar-refractivity contribution in [3.63, 3.8) is 0 Å². The molecule has 5 rings (SSSR count). The summed E-state index contributed by atoms with van der Waals surface area (Å²) in [5, 5.41) is 41.8. The summed E-state index contributed by atoms with van der Waals surface area (Å²) in [4.78, 5) is 38.1. The summed E-state index contributed by atoms with van der Waals surface area (Å²) in [5.41, 5.74) is 0.976. The van der Waals surface area contributed by atoms with Crippen LogP contribution < -0.4 is 9.97 Å². The van der Waals surface area contributed by atoms with Crippen molar-refractivity contribution in [2.24, 2.45) is 10.8 Å². The van der Waals surface area contributed by atoms with Crippen LogP contribution in [0.5, 0.6) is 0 Å². The standard InChI is InChI=1S/C36H36N12.Cu/c1-33(2,3)21-17(13-37)25-41-26-18(14-38)23(35(7,8)9)31(43-26)48-32-24(36(10,11)12)20(16-40)28(47-32)46-30-22(34(4,5)6)19(15-39)27(45-30)44-29(21)42-25;/h1-12H3;/q-2;+2. The maximum absolute atomic E-state index is 10.5. The second kappa shape index (κ2) is 12.0. The minimum atomic E-state index is -0.623. The van der Waals surface area contributed by atoms with Gasteiger partial charge in [-0.1, -0.05) is 83.1 Å². The molecule has 0 aliphatic carbocycles. The van der Waals surface area contributed by atoms with E-state index in [0.717, 1.165) is 0 Å². The summed E-state index contributed by atoms with van der Waals surface area (Å²) < 4.78 is 0. The van der Waals surface area contributed by atoms with Crippen molar-refractivity contribution < 1.29 is 17.1 Å². The Morgan fingerprint density at radius 3 is 1.00 bits per heavy atom. The fraction of sp³-hybridized carbons (Fsp3) is 0.444. The molecule has 13 heteroatoms. The van der Waals surface area contributed by atoms with Gasteiger partial charge in [-0.15, -0.1) is 0 Å². The van der Waals surface area contributed by atoms with Crippen molar-refractivity contribution in [2.75, 3.05) is 0 Å². The van der Waals surface area contributed by atoms with Crippen LogP contribution in [0.2, 0.25) is 0 Å². The van der Waals surface area contributed by atoms with Gasteiger partial charge >= 0.3 is 17.1 Å². The fourth-order valence-electron chi connectivity index (χ4n) is 6.06. The van der Waals surface area contributed by atoms with Crippen molar-refractivity contribution in [2.45, 2.75) is 93.9 Å². The van der Waals surface area contributed by atoms with Crippen molar-refractivity contribution in [3.05, 3.63) is 45.6 Å². The molecule has 0 fully saturated rings. The predicted octanol–water partition coefficient (Wildman–Crippen LogP) is 6.45. The van der Waals surface area contributed by atoms with Gasteiger partial charge < -0.3 is 29.9 Å². The molecule has 1 radical (unpaired) electrons. The van der Waals surface area contributed by atoms with Gasteiger partial charge in [-0.05, 0) is 32.8 Å². The Balaban J connectivity index is 0.00000541. The average molecular weight is 700 g/mol. The van der Waals surface area contributed by atoms with Crippen LogP contribution in [0.4, 0.5) is 0 Å². The third-order valence-corrected chi connectivity index (χ3v) is 7.93. The van der Waals surface area contributed by atoms with E-state index in [-0.39, 0.29) is 85.2 Å². The minimum absolute atomic E-state index is 0. The molecule has 3 aromatic rings. The fourth-order valence-corrected chi connectivity index (χ4v) is 6.06. The molecule has 8 bridgehead atoms. The Morgan fingerprint density at radius 1 is 0.408 bits per heavy atom. The van der Waals surface area contributed by atoms with Crippen LogP contribution >= 0.6 is 0 Å². The second-order valence-corrected chi connectivity index (χ2v) is 15.9. The van der Waals surface area contributed by atoms with Crippen molar-refractivity contribution in [1.82, 2.24) is 39.9 Å². The number of rotatable bonds is 0. The van der Waals surface area contributed by atoms with Crippen LogP contribution in [-0.4, -0.2) is 29.9 Å². The SMILES string of the molecule is CC(C)(C)C1=C(C#N)c2nc1nc1[n-]c(nc3nc(nc4[n-]c(n2)c(C(C)(C)C)c4C#N)C(C#N)=C3C(C)(C)C)c(C(C)(C)C)c1C#N.[Cu+2]. The Hall–Kier alpha value is -5.20.